The predicted octanol–water partition coefficient (Wildman–Crippen LogP) is 20.5. The molecule has 2 aliphatic carbocycles. The van der Waals surface area contributed by atoms with Crippen molar-refractivity contribution in [3.63, 3.8) is 0 Å². The Labute approximate surface area is 915 Å². The number of amides is 12. The third kappa shape index (κ3) is 35.9. The molecular formula is C112H155Cl5N20O12S. The number of likely N-dealkylation sites (tertiary alicyclic amines) is 4. The first-order chi connectivity index (χ1) is 72.3. The predicted molar refractivity (Wildman–Crippen MR) is 594 cm³/mol. The SMILES string of the molecule is CONC(=O)N(CC1CCCCC1)C1CCN([C@H](C)CCNC(=O)c2c(C)cc(Cl)nc2Cl)CC1.CONC(=O)N(Cc1ccsc1)C1CCN(CCCNC(=O)c2c(C)cc(Cl)nc2C)CC1.Cc1cc(Cl)nc(C)c1C(=O)NCCC(C)N1CCC(N(Cc2ccccc2)C(=O)NCC2CCCCC2)CC1.Cc1cc(Cl)nc(C)c1C(=O)NCCC(C)N1CCC(N(Cc2ccccc2)C(=O)Nc2ccc3c(c2)OCO3)CC1. The largest absolute Gasteiger partial charge is 0.454 e. The van der Waals surface area contributed by atoms with E-state index in [2.05, 4.69) is 138 Å². The molecule has 0 bridgehead atoms. The van der Waals surface area contributed by atoms with Gasteiger partial charge < -0.3 is 80.6 Å². The van der Waals surface area contributed by atoms with Gasteiger partial charge in [0.05, 0.1) is 53.6 Å². The van der Waals surface area contributed by atoms with Crippen LogP contribution in [0.2, 0.25) is 25.8 Å². The number of pyridine rings is 4. The molecule has 8 N–H and O–H groups in total. The lowest BCUT2D eigenvalue weighted by Crippen LogP contribution is -2.53. The molecule has 6 fully saturated rings. The first kappa shape index (κ1) is 118. The molecule has 7 aliphatic rings. The first-order valence-corrected chi connectivity index (χ1v) is 56.2. The number of hydrogen-bond donors (Lipinski definition) is 8. The van der Waals surface area contributed by atoms with Gasteiger partial charge in [-0.3, -0.25) is 28.9 Å². The lowest BCUT2D eigenvalue weighted by Gasteiger charge is -2.42. The zero-order valence-corrected chi connectivity index (χ0v) is 93.9. The average Bonchev–Trinajstić information content (AvgIpc) is 1.56. The highest BCUT2D eigenvalue weighted by Crippen LogP contribution is 2.37. The molecule has 32 nitrogen and oxygen atoms in total. The van der Waals surface area contributed by atoms with Crippen LogP contribution in [0.15, 0.2) is 120 Å². The van der Waals surface area contributed by atoms with Gasteiger partial charge in [-0.05, 0) is 283 Å². The van der Waals surface area contributed by atoms with Gasteiger partial charge in [-0.15, -0.1) is 0 Å². The van der Waals surface area contributed by atoms with Crippen LogP contribution in [-0.2, 0) is 29.3 Å². The van der Waals surface area contributed by atoms with Gasteiger partial charge in [0.25, 0.3) is 23.6 Å². The molecule has 15 rings (SSSR count). The number of hydroxylamine groups is 2. The van der Waals surface area contributed by atoms with E-state index in [9.17, 15) is 38.4 Å². The minimum Gasteiger partial charge on any atom is -0.454 e. The molecule has 816 valence electrons. The van der Waals surface area contributed by atoms with E-state index in [1.54, 1.807) is 62.4 Å². The number of aryl methyl sites for hydroxylation is 7. The van der Waals surface area contributed by atoms with Crippen LogP contribution >= 0.6 is 69.3 Å². The molecule has 2 unspecified atom stereocenters. The van der Waals surface area contributed by atoms with Gasteiger partial charge in [0.2, 0.25) is 6.79 Å². The Morgan fingerprint density at radius 2 is 0.787 bits per heavy atom. The van der Waals surface area contributed by atoms with Crippen LogP contribution < -0.4 is 52.3 Å². The van der Waals surface area contributed by atoms with E-state index in [-0.39, 0.29) is 89.0 Å². The molecular weight excluding hydrogens is 2030 g/mol. The number of carbonyl (C=O) groups excluding carboxylic acids is 8. The summed E-state index contributed by atoms with van der Waals surface area (Å²) < 4.78 is 10.9. The maximum Gasteiger partial charge on any atom is 0.341 e. The summed E-state index contributed by atoms with van der Waals surface area (Å²) in [4.78, 5) is 147. The minimum atomic E-state index is -0.231. The van der Waals surface area contributed by atoms with Crippen LogP contribution in [0.3, 0.4) is 0 Å². The van der Waals surface area contributed by atoms with Crippen molar-refractivity contribution in [2.24, 2.45) is 11.8 Å². The number of hydrogen-bond acceptors (Lipinski definition) is 21. The highest BCUT2D eigenvalue weighted by atomic mass is 35.5. The highest BCUT2D eigenvalue weighted by molar-refractivity contribution is 7.08. The second-order valence-electron chi connectivity index (χ2n) is 40.8. The van der Waals surface area contributed by atoms with E-state index >= 15 is 0 Å². The normalized spacial score (nSPS) is 16.8. The van der Waals surface area contributed by atoms with Crippen LogP contribution in [0.25, 0.3) is 0 Å². The molecule has 4 saturated heterocycles. The standard InChI is InChI=1S/C32H38ClN5O4.C32H46ClN5O2.C25H39Cl2N5O3.C23H32ClN5O3S/c1-21-17-29(33)35-23(3)30(21)31(39)34-14-11-22(2)37-15-12-26(13-16-37)38(19-24-7-5-4-6-8-24)32(40)36-25-9-10-27-28(18-25)42-20-41-27;1-23-20-29(33)36-25(3)30(23)31(39)34-17-14-24(2)37-18-15-28(16-19-37)38(22-27-12-8-5-9-13-27)32(40)35-21-26-10-6-4-7-11-26;1-17-15-21(26)29-23(27)22(17)24(33)28-12-9-18(2)31-13-10-20(11-14-31)32(25(34)30-35-3)16-19-7-5-4-6-8-19;1-16-13-20(24)26-17(2)21(16)22(30)25-8-4-9-28-10-5-19(6-11-28)29(23(31)27-32-3)14-18-7-12-33-15-18/h4-10,17-18,22,26H,11-16,19-20H2,1-3H3,(H,34,39)(H,36,40);5,8-9,12-13,20,24,26,28H,4,6-7,10-11,14-19,21-22H2,1-3H3,(H,34,39)(H,35,40);15,18-20H,4-14,16H2,1-3H3,(H,28,33)(H,30,34);7,12-13,15,19H,4-6,8-11,14H2,1-3H3,(H,25,30)(H,27,31)/t;;18-;/m..1./s1. The van der Waals surface area contributed by atoms with E-state index in [0.29, 0.717) is 153 Å². The van der Waals surface area contributed by atoms with Crippen LogP contribution in [0.1, 0.15) is 259 Å². The van der Waals surface area contributed by atoms with E-state index in [1.807, 2.05) is 102 Å². The quantitative estimate of drug-likeness (QED) is 0.0102. The lowest BCUT2D eigenvalue weighted by molar-refractivity contribution is 0.0512. The maximum absolute atomic E-state index is 13.6. The van der Waals surface area contributed by atoms with Gasteiger partial charge in [-0.25, -0.2) is 50.1 Å². The van der Waals surface area contributed by atoms with Crippen molar-refractivity contribution in [1.29, 1.82) is 0 Å². The number of piperidine rings is 4. The Balaban J connectivity index is 0.000000178. The molecule has 5 aromatic heterocycles. The Morgan fingerprint density at radius 3 is 1.21 bits per heavy atom. The molecule has 38 heteroatoms. The fraction of sp³-hybridized carbons (Fsp3) is 0.554. The Hall–Kier alpha value is -10.3. The summed E-state index contributed by atoms with van der Waals surface area (Å²) in [5.74, 6) is 1.96. The highest BCUT2D eigenvalue weighted by Gasteiger charge is 2.37. The van der Waals surface area contributed by atoms with Crippen molar-refractivity contribution in [3.8, 4) is 11.5 Å². The Morgan fingerprint density at radius 1 is 0.407 bits per heavy atom. The van der Waals surface area contributed by atoms with Gasteiger partial charge in [-0.1, -0.05) is 157 Å². The molecule has 3 atom stereocenters. The number of aromatic nitrogens is 4. The van der Waals surface area contributed by atoms with Gasteiger partial charge in [-0.2, -0.15) is 11.3 Å². The molecule has 150 heavy (non-hydrogen) atoms. The number of urea groups is 4. The maximum atomic E-state index is 13.6. The molecule has 10 heterocycles. The van der Waals surface area contributed by atoms with Crippen molar-refractivity contribution in [2.45, 2.75) is 272 Å². The number of nitrogens with one attached hydrogen (secondary N) is 8. The minimum absolute atomic E-state index is 0.0749. The molecule has 0 radical (unpaired) electrons. The topological polar surface area (TPSA) is 347 Å². The number of nitrogens with zero attached hydrogens (tertiary/aromatic N) is 12. The number of ether oxygens (including phenoxy) is 2. The summed E-state index contributed by atoms with van der Waals surface area (Å²) in [5, 5.41) is 24.1. The van der Waals surface area contributed by atoms with Crippen LogP contribution in [-0.4, -0.2) is 268 Å². The van der Waals surface area contributed by atoms with Gasteiger partial charge in [0.15, 0.2) is 11.5 Å². The number of benzene rings is 3. The van der Waals surface area contributed by atoms with Crippen LogP contribution in [0.4, 0.5) is 24.9 Å². The summed E-state index contributed by atoms with van der Waals surface area (Å²) in [6.45, 7) is 33.5. The third-order valence-corrected chi connectivity index (χ3v) is 31.9. The molecule has 2 saturated carbocycles. The number of anilines is 1. The number of fused-ring (bicyclic) bond motifs is 1. The number of halogens is 5. The van der Waals surface area contributed by atoms with E-state index in [0.717, 1.165) is 177 Å². The molecule has 5 aliphatic heterocycles. The van der Waals surface area contributed by atoms with E-state index in [4.69, 9.17) is 77.2 Å². The van der Waals surface area contributed by atoms with Gasteiger partial charge >= 0.3 is 24.1 Å². The second-order valence-corrected chi connectivity index (χ2v) is 43.5. The fourth-order valence-electron chi connectivity index (χ4n) is 21.7. The molecule has 8 aromatic rings. The van der Waals surface area contributed by atoms with Gasteiger partial charge in [0, 0.05) is 165 Å². The van der Waals surface area contributed by atoms with E-state index in [1.165, 1.54) is 84.0 Å². The van der Waals surface area contributed by atoms with Crippen molar-refractivity contribution < 1.29 is 57.5 Å². The second kappa shape index (κ2) is 60.4. The molecule has 3 aromatic carbocycles. The summed E-state index contributed by atoms with van der Waals surface area (Å²) in [5.41, 5.74) is 16.4. The fourth-order valence-corrected chi connectivity index (χ4v) is 23.8. The first-order valence-electron chi connectivity index (χ1n) is 53.4. The summed E-state index contributed by atoms with van der Waals surface area (Å²) in [6.07, 6.45) is 23.3. The molecule has 0 spiro atoms. The monoisotopic (exact) mass is 2180 g/mol. The van der Waals surface area contributed by atoms with Crippen LogP contribution in [0, 0.1) is 60.3 Å². The van der Waals surface area contributed by atoms with Crippen molar-refractivity contribution >= 4 is 123 Å². The molecule has 12 amide bonds. The zero-order chi connectivity index (χ0) is 107. The van der Waals surface area contributed by atoms with Crippen molar-refractivity contribution in [3.05, 3.63) is 224 Å². The smallest absolute Gasteiger partial charge is 0.341 e. The van der Waals surface area contributed by atoms with E-state index < -0.39 is 0 Å². The van der Waals surface area contributed by atoms with Crippen LogP contribution in [0.5, 0.6) is 11.5 Å². The Bertz CT molecular complexity index is 5580. The summed E-state index contributed by atoms with van der Waals surface area (Å²) in [7, 11) is 2.94. The van der Waals surface area contributed by atoms with Crippen molar-refractivity contribution in [2.75, 3.05) is 125 Å². The Kier molecular flexibility index (Phi) is 47.7. The van der Waals surface area contributed by atoms with Gasteiger partial charge in [0.1, 0.15) is 25.8 Å². The number of thiophene rings is 1. The lowest BCUT2D eigenvalue weighted by atomic mass is 9.88. The average molecular weight is 2180 g/mol. The summed E-state index contributed by atoms with van der Waals surface area (Å²) in [6, 6.07) is 36.0. The number of carbonyl (C=O) groups is 8. The van der Waals surface area contributed by atoms with Crippen molar-refractivity contribution in [1.82, 2.24) is 96.7 Å². The third-order valence-electron chi connectivity index (χ3n) is 30.1. The number of rotatable bonds is 37. The summed E-state index contributed by atoms with van der Waals surface area (Å²) >= 11 is 31.7. The zero-order valence-electron chi connectivity index (χ0n) is 89.3.